The number of allylic oxidation sites excluding steroid dienone is 3. The van der Waals surface area contributed by atoms with E-state index in [9.17, 15) is 0 Å². The van der Waals surface area contributed by atoms with Crippen molar-refractivity contribution in [2.45, 2.75) is 72.4 Å². The quantitative estimate of drug-likeness (QED) is 0.282. The molecule has 130 valence electrons. The van der Waals surface area contributed by atoms with Gasteiger partial charge in [-0.1, -0.05) is 64.9 Å². The molecule has 0 amide bonds. The van der Waals surface area contributed by atoms with Gasteiger partial charge >= 0.3 is 37.7 Å². The van der Waals surface area contributed by atoms with E-state index < -0.39 is 8.07 Å². The monoisotopic (exact) mass is 350 g/mol. The molecule has 0 atom stereocenters. The molecule has 0 saturated heterocycles. The van der Waals surface area contributed by atoms with Gasteiger partial charge in [0, 0.05) is 6.42 Å². The summed E-state index contributed by atoms with van der Waals surface area (Å²) < 4.78 is 0. The summed E-state index contributed by atoms with van der Waals surface area (Å²) in [5, 5.41) is 0. The first kappa shape index (κ1) is 27.9. The molecular formula is C23H32Li2Si. The summed E-state index contributed by atoms with van der Waals surface area (Å²) in [6.07, 6.45) is 10.1. The van der Waals surface area contributed by atoms with Crippen LogP contribution in [0.25, 0.3) is 5.57 Å². The molecule has 0 saturated carbocycles. The van der Waals surface area contributed by atoms with Gasteiger partial charge in [0.2, 0.25) is 0 Å². The molecule has 0 radical (unpaired) electrons. The van der Waals surface area contributed by atoms with Gasteiger partial charge in [-0.25, -0.2) is 5.56 Å². The van der Waals surface area contributed by atoms with Crippen molar-refractivity contribution < 1.29 is 37.7 Å². The van der Waals surface area contributed by atoms with Gasteiger partial charge in [-0.05, 0) is 6.42 Å². The predicted octanol–water partition coefficient (Wildman–Crippen LogP) is 0.801. The second-order valence-corrected chi connectivity index (χ2v) is 10.4. The van der Waals surface area contributed by atoms with Crippen LogP contribution in [0.4, 0.5) is 0 Å². The van der Waals surface area contributed by atoms with E-state index in [-0.39, 0.29) is 37.7 Å². The Labute approximate surface area is 187 Å². The second kappa shape index (κ2) is 15.7. The maximum Gasteiger partial charge on any atom is 1.00 e. The Bertz CT molecular complexity index is 604. The molecule has 0 N–H and O–H groups in total. The Balaban J connectivity index is 0. The van der Waals surface area contributed by atoms with Crippen LogP contribution in [-0.4, -0.2) is 8.07 Å². The van der Waals surface area contributed by atoms with Gasteiger partial charge < -0.3 is 17.2 Å². The summed E-state index contributed by atoms with van der Waals surface area (Å²) in [6, 6.07) is 10.7. The van der Waals surface area contributed by atoms with Crippen molar-refractivity contribution in [1.29, 1.82) is 0 Å². The Morgan fingerprint density at radius 2 is 1.62 bits per heavy atom. The van der Waals surface area contributed by atoms with Gasteiger partial charge in [0.15, 0.2) is 0 Å². The third-order valence-electron chi connectivity index (χ3n) is 3.67. The van der Waals surface area contributed by atoms with Gasteiger partial charge in [0.25, 0.3) is 0 Å². The molecule has 1 rings (SSSR count). The minimum Gasteiger partial charge on any atom is -0.342 e. The SMILES string of the molecule is CCCC#C[Si](C)(C)[C-]=C(C(=[C-]CCC)CCC)c1ccccc1.[Li+].[Li+]. The maximum atomic E-state index is 3.84. The topological polar surface area (TPSA) is 0 Å². The molecule has 1 aromatic carbocycles. The zero-order chi connectivity index (χ0) is 17.8. The largest absolute Gasteiger partial charge is 1.00 e. The van der Waals surface area contributed by atoms with Crippen molar-refractivity contribution in [2.75, 3.05) is 0 Å². The van der Waals surface area contributed by atoms with E-state index >= 15 is 0 Å². The smallest absolute Gasteiger partial charge is 0.342 e. The molecule has 0 bridgehead atoms. The fraction of sp³-hybridized carbons (Fsp3) is 0.478. The molecule has 0 aliphatic carbocycles. The van der Waals surface area contributed by atoms with Crippen molar-refractivity contribution in [3.8, 4) is 11.5 Å². The van der Waals surface area contributed by atoms with Gasteiger partial charge in [-0.3, -0.25) is 5.70 Å². The van der Waals surface area contributed by atoms with Gasteiger partial charge in [-0.2, -0.15) is 0 Å². The first-order valence-corrected chi connectivity index (χ1v) is 12.3. The number of hydrogen-bond donors (Lipinski definition) is 0. The van der Waals surface area contributed by atoms with E-state index in [1.54, 1.807) is 0 Å². The van der Waals surface area contributed by atoms with Crippen LogP contribution in [0.3, 0.4) is 0 Å². The van der Waals surface area contributed by atoms with E-state index in [0.717, 1.165) is 38.5 Å². The number of rotatable bonds is 8. The molecule has 26 heavy (non-hydrogen) atoms. The fourth-order valence-corrected chi connectivity index (χ4v) is 4.06. The fourth-order valence-electron chi connectivity index (χ4n) is 2.51. The van der Waals surface area contributed by atoms with E-state index in [0.29, 0.717) is 0 Å². The minimum atomic E-state index is -1.83. The summed E-state index contributed by atoms with van der Waals surface area (Å²) >= 11 is 0. The Morgan fingerprint density at radius 3 is 2.15 bits per heavy atom. The first-order valence-electron chi connectivity index (χ1n) is 9.34. The molecule has 0 spiro atoms. The van der Waals surface area contributed by atoms with Gasteiger partial charge in [-0.15, -0.1) is 36.4 Å². The Hall–Kier alpha value is -0.328. The predicted molar refractivity (Wildman–Crippen MR) is 110 cm³/mol. The number of benzene rings is 1. The summed E-state index contributed by atoms with van der Waals surface area (Å²) in [6.45, 7) is 11.2. The molecule has 0 aliphatic rings. The van der Waals surface area contributed by atoms with Crippen molar-refractivity contribution >= 4 is 13.6 Å². The van der Waals surface area contributed by atoms with Crippen LogP contribution in [0.5, 0.6) is 0 Å². The van der Waals surface area contributed by atoms with Crippen LogP contribution in [0.1, 0.15) is 64.9 Å². The molecule has 0 unspecified atom stereocenters. The van der Waals surface area contributed by atoms with Crippen LogP contribution in [0, 0.1) is 23.2 Å². The van der Waals surface area contributed by atoms with Crippen LogP contribution < -0.4 is 37.7 Å². The normalized spacial score (nSPS) is 11.7. The summed E-state index contributed by atoms with van der Waals surface area (Å²) in [7, 11) is -1.83. The Kier molecular flexibility index (Phi) is 16.8. The van der Waals surface area contributed by atoms with E-state index in [1.807, 2.05) is 0 Å². The van der Waals surface area contributed by atoms with Crippen molar-refractivity contribution in [3.63, 3.8) is 0 Å². The van der Waals surface area contributed by atoms with Crippen molar-refractivity contribution in [3.05, 3.63) is 53.2 Å². The number of unbranched alkanes of at least 4 members (excludes halogenated alkanes) is 2. The second-order valence-electron chi connectivity index (χ2n) is 6.70. The minimum absolute atomic E-state index is 0. The molecule has 0 aliphatic heterocycles. The molecular weight excluding hydrogens is 318 g/mol. The number of hydrogen-bond acceptors (Lipinski definition) is 0. The third kappa shape index (κ3) is 10.7. The van der Waals surface area contributed by atoms with Gasteiger partial charge in [0.05, 0.1) is 8.07 Å². The van der Waals surface area contributed by atoms with Crippen LogP contribution in [-0.2, 0) is 0 Å². The summed E-state index contributed by atoms with van der Waals surface area (Å²) in [5.74, 6) is 3.35. The van der Waals surface area contributed by atoms with E-state index in [1.165, 1.54) is 16.7 Å². The average molecular weight is 350 g/mol. The van der Waals surface area contributed by atoms with Crippen LogP contribution in [0.15, 0.2) is 35.9 Å². The van der Waals surface area contributed by atoms with E-state index in [4.69, 9.17) is 0 Å². The van der Waals surface area contributed by atoms with E-state index in [2.05, 4.69) is 87.4 Å². The standard InChI is InChI=1S/C23H32Si.2Li/c1-6-9-14-19-24(4,5)20-23(22-17-12-11-13-18-22)21(15-8-3)16-10-7-2;;/h11-13,17-18H,6-10,15H2,1-5H3;;/q-2;2*+1. The molecule has 0 fully saturated rings. The maximum absolute atomic E-state index is 3.84. The van der Waals surface area contributed by atoms with Crippen LogP contribution in [0.2, 0.25) is 13.1 Å². The molecule has 0 nitrogen and oxygen atoms in total. The first-order chi connectivity index (χ1) is 11.5. The molecule has 3 heteroatoms. The molecule has 1 aromatic rings. The van der Waals surface area contributed by atoms with Crippen LogP contribution >= 0.6 is 0 Å². The summed E-state index contributed by atoms with van der Waals surface area (Å²) in [4.78, 5) is 0. The third-order valence-corrected chi connectivity index (χ3v) is 5.34. The Morgan fingerprint density at radius 1 is 0.962 bits per heavy atom. The zero-order valence-corrected chi connectivity index (χ0v) is 19.1. The van der Waals surface area contributed by atoms with Gasteiger partial charge in [0.1, 0.15) is 0 Å². The molecule has 0 heterocycles. The van der Waals surface area contributed by atoms with Crippen molar-refractivity contribution in [1.82, 2.24) is 0 Å². The average Bonchev–Trinajstić information content (AvgIpc) is 2.57. The molecule has 0 aromatic heterocycles. The van der Waals surface area contributed by atoms with Crippen molar-refractivity contribution in [2.24, 2.45) is 0 Å². The zero-order valence-electron chi connectivity index (χ0n) is 18.1. The summed E-state index contributed by atoms with van der Waals surface area (Å²) in [5.41, 5.74) is 11.2.